The molecular formula is C20H30N4O. The minimum absolute atomic E-state index is 0. The molecule has 1 atom stereocenters. The summed E-state index contributed by atoms with van der Waals surface area (Å²) in [7, 11) is 0. The van der Waals surface area contributed by atoms with Gasteiger partial charge >= 0.3 is 0 Å². The van der Waals surface area contributed by atoms with Gasteiger partial charge in [0.25, 0.3) is 0 Å². The van der Waals surface area contributed by atoms with E-state index in [2.05, 4.69) is 45.4 Å². The van der Waals surface area contributed by atoms with Crippen molar-refractivity contribution in [1.82, 2.24) is 9.88 Å². The summed E-state index contributed by atoms with van der Waals surface area (Å²) in [6.45, 7) is 13.2. The standard InChI is InChI=1S/C20H28N4O.H2/c1-3-6-18(4-2)24-10-5-7-17(16-24)22-20-15-19(8-9-21-20)23-11-13-25-14-12-23;/h3-4,6,8-9,15,17H,1-2,5,7,10-14,16H2,(H,21,22);1H/b18-6+;/t17-;/m1./s1. The van der Waals surface area contributed by atoms with E-state index in [0.717, 1.165) is 63.7 Å². The number of hydrogen-bond acceptors (Lipinski definition) is 5. The SMILES string of the molecule is C=C/C=C(\C=C)N1CCC[C@@H](Nc2cc(N3CCOCC3)ccn2)C1.[HH]. The van der Waals surface area contributed by atoms with E-state index in [4.69, 9.17) is 4.74 Å². The second-order valence-corrected chi connectivity index (χ2v) is 6.46. The summed E-state index contributed by atoms with van der Waals surface area (Å²) in [6, 6.07) is 4.61. The maximum absolute atomic E-state index is 5.44. The Morgan fingerprint density at radius 2 is 2.16 bits per heavy atom. The first-order valence-electron chi connectivity index (χ1n) is 9.05. The molecule has 0 amide bonds. The number of likely N-dealkylation sites (tertiary alicyclic amines) is 1. The van der Waals surface area contributed by atoms with Crippen LogP contribution in [-0.2, 0) is 4.74 Å². The van der Waals surface area contributed by atoms with Crippen LogP contribution in [0.5, 0.6) is 0 Å². The van der Waals surface area contributed by atoms with Crippen molar-refractivity contribution in [3.05, 3.63) is 55.4 Å². The van der Waals surface area contributed by atoms with Crippen LogP contribution in [0.2, 0.25) is 0 Å². The van der Waals surface area contributed by atoms with Crippen LogP contribution < -0.4 is 10.2 Å². The third kappa shape index (κ3) is 4.63. The van der Waals surface area contributed by atoms with E-state index in [1.54, 1.807) is 0 Å². The molecule has 2 fully saturated rings. The first-order valence-corrected chi connectivity index (χ1v) is 9.05. The Morgan fingerprint density at radius 1 is 1.32 bits per heavy atom. The highest BCUT2D eigenvalue weighted by atomic mass is 16.5. The number of piperidine rings is 1. The highest BCUT2D eigenvalue weighted by Gasteiger charge is 2.21. The third-order valence-corrected chi connectivity index (χ3v) is 4.76. The van der Waals surface area contributed by atoms with E-state index < -0.39 is 0 Å². The van der Waals surface area contributed by atoms with Crippen molar-refractivity contribution >= 4 is 11.5 Å². The van der Waals surface area contributed by atoms with E-state index in [0.29, 0.717) is 6.04 Å². The van der Waals surface area contributed by atoms with Crippen molar-refractivity contribution in [2.75, 3.05) is 49.6 Å². The fourth-order valence-electron chi connectivity index (χ4n) is 3.48. The van der Waals surface area contributed by atoms with Crippen molar-refractivity contribution in [3.8, 4) is 0 Å². The van der Waals surface area contributed by atoms with Crippen LogP contribution >= 0.6 is 0 Å². The molecule has 0 aromatic carbocycles. The summed E-state index contributed by atoms with van der Waals surface area (Å²) >= 11 is 0. The molecule has 0 radical (unpaired) electrons. The van der Waals surface area contributed by atoms with Crippen LogP contribution in [0.1, 0.15) is 14.3 Å². The minimum atomic E-state index is 0. The lowest BCUT2D eigenvalue weighted by atomic mass is 10.0. The molecule has 136 valence electrons. The van der Waals surface area contributed by atoms with Crippen molar-refractivity contribution in [3.63, 3.8) is 0 Å². The Labute approximate surface area is 152 Å². The van der Waals surface area contributed by atoms with Crippen molar-refractivity contribution in [2.24, 2.45) is 0 Å². The molecule has 0 bridgehead atoms. The molecule has 2 aliphatic rings. The molecule has 0 aliphatic carbocycles. The molecule has 0 unspecified atom stereocenters. The van der Waals surface area contributed by atoms with Gasteiger partial charge in [0.1, 0.15) is 5.82 Å². The van der Waals surface area contributed by atoms with Crippen LogP contribution in [0.15, 0.2) is 55.4 Å². The van der Waals surface area contributed by atoms with Crippen LogP contribution in [-0.4, -0.2) is 55.3 Å². The number of hydrogen-bond donors (Lipinski definition) is 1. The van der Waals surface area contributed by atoms with E-state index in [-0.39, 0.29) is 1.43 Å². The average molecular weight is 342 g/mol. The Balaban J connectivity index is 0.00000243. The van der Waals surface area contributed by atoms with Gasteiger partial charge in [-0.15, -0.1) is 0 Å². The molecule has 1 aromatic rings. The van der Waals surface area contributed by atoms with Crippen molar-refractivity contribution in [2.45, 2.75) is 18.9 Å². The molecule has 2 aliphatic heterocycles. The number of aromatic nitrogens is 1. The van der Waals surface area contributed by atoms with Gasteiger partial charge in [-0.25, -0.2) is 4.98 Å². The molecule has 5 nitrogen and oxygen atoms in total. The number of ether oxygens (including phenoxy) is 1. The fraction of sp³-hybridized carbons (Fsp3) is 0.450. The second-order valence-electron chi connectivity index (χ2n) is 6.46. The number of pyridine rings is 1. The zero-order valence-corrected chi connectivity index (χ0v) is 14.9. The van der Waals surface area contributed by atoms with Crippen LogP contribution in [0.3, 0.4) is 0 Å². The van der Waals surface area contributed by atoms with Gasteiger partial charge in [-0.3, -0.25) is 0 Å². The molecular weight excluding hydrogens is 312 g/mol. The summed E-state index contributed by atoms with van der Waals surface area (Å²) in [5.74, 6) is 0.948. The van der Waals surface area contributed by atoms with E-state index in [1.807, 2.05) is 24.4 Å². The predicted molar refractivity (Wildman–Crippen MR) is 106 cm³/mol. The summed E-state index contributed by atoms with van der Waals surface area (Å²) in [5.41, 5.74) is 2.35. The zero-order valence-electron chi connectivity index (χ0n) is 14.9. The van der Waals surface area contributed by atoms with Gasteiger partial charge in [-0.1, -0.05) is 19.2 Å². The fourth-order valence-corrected chi connectivity index (χ4v) is 3.48. The first-order chi connectivity index (χ1) is 12.3. The van der Waals surface area contributed by atoms with Gasteiger partial charge in [0, 0.05) is 57.3 Å². The molecule has 25 heavy (non-hydrogen) atoms. The monoisotopic (exact) mass is 342 g/mol. The molecule has 5 heteroatoms. The first kappa shape index (κ1) is 17.5. The van der Waals surface area contributed by atoms with E-state index >= 15 is 0 Å². The Kier molecular flexibility index (Phi) is 6.12. The van der Waals surface area contributed by atoms with Gasteiger partial charge < -0.3 is 19.9 Å². The maximum Gasteiger partial charge on any atom is 0.128 e. The quantitative estimate of drug-likeness (QED) is 0.803. The van der Waals surface area contributed by atoms with Crippen molar-refractivity contribution in [1.29, 1.82) is 0 Å². The molecule has 2 saturated heterocycles. The maximum atomic E-state index is 5.44. The number of nitrogens with one attached hydrogen (secondary N) is 1. The molecule has 3 heterocycles. The lowest BCUT2D eigenvalue weighted by molar-refractivity contribution is 0.122. The minimum Gasteiger partial charge on any atom is -0.378 e. The van der Waals surface area contributed by atoms with Gasteiger partial charge in [0.2, 0.25) is 0 Å². The summed E-state index contributed by atoms with van der Waals surface area (Å²) < 4.78 is 5.44. The lowest BCUT2D eigenvalue weighted by Crippen LogP contribution is -2.41. The predicted octanol–water partition coefficient (Wildman–Crippen LogP) is 3.30. The Hall–Kier alpha value is -2.27. The topological polar surface area (TPSA) is 40.6 Å². The number of rotatable bonds is 6. The number of morpholine rings is 1. The molecule has 1 N–H and O–H groups in total. The highest BCUT2D eigenvalue weighted by molar-refractivity contribution is 5.54. The summed E-state index contributed by atoms with van der Waals surface area (Å²) in [6.07, 6.45) is 9.94. The number of nitrogens with zero attached hydrogens (tertiary/aromatic N) is 3. The summed E-state index contributed by atoms with van der Waals surface area (Å²) in [5, 5.41) is 3.61. The van der Waals surface area contributed by atoms with Gasteiger partial charge in [0.05, 0.1) is 13.2 Å². The lowest BCUT2D eigenvalue weighted by Gasteiger charge is -2.35. The van der Waals surface area contributed by atoms with Gasteiger partial charge in [-0.2, -0.15) is 0 Å². The zero-order chi connectivity index (χ0) is 17.5. The third-order valence-electron chi connectivity index (χ3n) is 4.76. The van der Waals surface area contributed by atoms with Crippen LogP contribution in [0, 0.1) is 0 Å². The van der Waals surface area contributed by atoms with Gasteiger partial charge in [0.15, 0.2) is 0 Å². The molecule has 1 aromatic heterocycles. The smallest absolute Gasteiger partial charge is 0.128 e. The number of anilines is 2. The van der Waals surface area contributed by atoms with Crippen LogP contribution in [0.4, 0.5) is 11.5 Å². The Bertz CT molecular complexity index is 628. The van der Waals surface area contributed by atoms with Crippen LogP contribution in [0.25, 0.3) is 0 Å². The normalized spacial score (nSPS) is 21.8. The Morgan fingerprint density at radius 3 is 2.92 bits per heavy atom. The summed E-state index contributed by atoms with van der Waals surface area (Å²) in [4.78, 5) is 9.23. The highest BCUT2D eigenvalue weighted by Crippen LogP contribution is 2.22. The molecule has 0 spiro atoms. The van der Waals surface area contributed by atoms with Gasteiger partial charge in [-0.05, 0) is 31.1 Å². The average Bonchev–Trinajstić information content (AvgIpc) is 2.67. The van der Waals surface area contributed by atoms with E-state index in [9.17, 15) is 0 Å². The van der Waals surface area contributed by atoms with Crippen molar-refractivity contribution < 1.29 is 6.16 Å². The molecule has 0 saturated carbocycles. The number of allylic oxidation sites excluding steroid dienone is 3. The second kappa shape index (κ2) is 8.72. The molecule has 3 rings (SSSR count). The van der Waals surface area contributed by atoms with E-state index in [1.165, 1.54) is 5.69 Å². The largest absolute Gasteiger partial charge is 0.378 e.